The SMILES string of the molecule is CCc1nn(C)cc1CNC(C)c1ccoc1. The molecule has 4 nitrogen and oxygen atoms in total. The van der Waals surface area contributed by atoms with E-state index in [1.807, 2.05) is 17.8 Å². The van der Waals surface area contributed by atoms with Crippen molar-refractivity contribution < 1.29 is 4.42 Å². The molecule has 0 aliphatic heterocycles. The van der Waals surface area contributed by atoms with Gasteiger partial charge in [-0.3, -0.25) is 4.68 Å². The maximum absolute atomic E-state index is 5.08. The van der Waals surface area contributed by atoms with Crippen molar-refractivity contribution in [1.29, 1.82) is 0 Å². The van der Waals surface area contributed by atoms with Crippen molar-refractivity contribution in [3.8, 4) is 0 Å². The maximum atomic E-state index is 5.08. The van der Waals surface area contributed by atoms with Gasteiger partial charge in [-0.1, -0.05) is 6.92 Å². The molecule has 2 heterocycles. The lowest BCUT2D eigenvalue weighted by Crippen LogP contribution is -2.18. The molecule has 1 unspecified atom stereocenters. The molecule has 1 atom stereocenters. The highest BCUT2D eigenvalue weighted by Crippen LogP contribution is 2.14. The number of aryl methyl sites for hydroxylation is 2. The molecule has 2 rings (SSSR count). The topological polar surface area (TPSA) is 43.0 Å². The number of rotatable bonds is 5. The zero-order valence-electron chi connectivity index (χ0n) is 10.6. The van der Waals surface area contributed by atoms with Crippen molar-refractivity contribution in [1.82, 2.24) is 15.1 Å². The molecule has 0 saturated carbocycles. The fourth-order valence-electron chi connectivity index (χ4n) is 1.93. The molecule has 4 heteroatoms. The second kappa shape index (κ2) is 5.19. The van der Waals surface area contributed by atoms with Crippen molar-refractivity contribution in [2.45, 2.75) is 32.9 Å². The van der Waals surface area contributed by atoms with Gasteiger partial charge in [0.2, 0.25) is 0 Å². The van der Waals surface area contributed by atoms with Crippen LogP contribution in [0, 0.1) is 0 Å². The second-order valence-corrected chi connectivity index (χ2v) is 4.29. The third-order valence-corrected chi connectivity index (χ3v) is 2.97. The molecule has 0 aliphatic rings. The fraction of sp³-hybridized carbons (Fsp3) is 0.462. The monoisotopic (exact) mass is 233 g/mol. The normalized spacial score (nSPS) is 12.9. The van der Waals surface area contributed by atoms with Gasteiger partial charge in [-0.2, -0.15) is 5.10 Å². The third-order valence-electron chi connectivity index (χ3n) is 2.97. The summed E-state index contributed by atoms with van der Waals surface area (Å²) in [5, 5.41) is 7.90. The van der Waals surface area contributed by atoms with Crippen LogP contribution in [-0.2, 0) is 20.0 Å². The molecule has 0 spiro atoms. The quantitative estimate of drug-likeness (QED) is 0.862. The van der Waals surface area contributed by atoms with Crippen LogP contribution in [0.4, 0.5) is 0 Å². The van der Waals surface area contributed by atoms with E-state index in [0.717, 1.165) is 13.0 Å². The van der Waals surface area contributed by atoms with Gasteiger partial charge in [0.25, 0.3) is 0 Å². The van der Waals surface area contributed by atoms with Crippen molar-refractivity contribution in [3.05, 3.63) is 41.6 Å². The Morgan fingerprint density at radius 3 is 3.00 bits per heavy atom. The molecule has 0 aromatic carbocycles. The highest BCUT2D eigenvalue weighted by Gasteiger charge is 2.09. The summed E-state index contributed by atoms with van der Waals surface area (Å²) in [6.07, 6.45) is 6.53. The Kier molecular flexibility index (Phi) is 3.64. The van der Waals surface area contributed by atoms with Gasteiger partial charge in [0.05, 0.1) is 18.2 Å². The predicted octanol–water partition coefficient (Wildman–Crippen LogP) is 2.43. The molecule has 0 amide bonds. The maximum Gasteiger partial charge on any atom is 0.0950 e. The second-order valence-electron chi connectivity index (χ2n) is 4.29. The Hall–Kier alpha value is -1.55. The zero-order chi connectivity index (χ0) is 12.3. The van der Waals surface area contributed by atoms with E-state index in [-0.39, 0.29) is 0 Å². The molecule has 0 fully saturated rings. The number of aromatic nitrogens is 2. The van der Waals surface area contributed by atoms with Crippen LogP contribution in [0.5, 0.6) is 0 Å². The highest BCUT2D eigenvalue weighted by atomic mass is 16.3. The van der Waals surface area contributed by atoms with Gasteiger partial charge < -0.3 is 9.73 Å². The fourth-order valence-corrected chi connectivity index (χ4v) is 1.93. The van der Waals surface area contributed by atoms with Gasteiger partial charge in [0.15, 0.2) is 0 Å². The van der Waals surface area contributed by atoms with Crippen LogP contribution >= 0.6 is 0 Å². The highest BCUT2D eigenvalue weighted by molar-refractivity contribution is 5.18. The Morgan fingerprint density at radius 1 is 1.53 bits per heavy atom. The van der Waals surface area contributed by atoms with Crippen LogP contribution in [0.2, 0.25) is 0 Å². The third kappa shape index (κ3) is 2.77. The minimum Gasteiger partial charge on any atom is -0.472 e. The van der Waals surface area contributed by atoms with Crippen LogP contribution in [0.15, 0.2) is 29.2 Å². The van der Waals surface area contributed by atoms with Gasteiger partial charge in [-0.25, -0.2) is 0 Å². The number of nitrogens with one attached hydrogen (secondary N) is 1. The molecule has 0 saturated heterocycles. The molecular weight excluding hydrogens is 214 g/mol. The smallest absolute Gasteiger partial charge is 0.0950 e. The van der Waals surface area contributed by atoms with Gasteiger partial charge in [0, 0.05) is 37.0 Å². The molecule has 0 bridgehead atoms. The molecule has 2 aromatic heterocycles. The van der Waals surface area contributed by atoms with E-state index in [1.54, 1.807) is 12.5 Å². The summed E-state index contributed by atoms with van der Waals surface area (Å²) in [6.45, 7) is 5.10. The van der Waals surface area contributed by atoms with E-state index < -0.39 is 0 Å². The summed E-state index contributed by atoms with van der Waals surface area (Å²) in [5.74, 6) is 0. The van der Waals surface area contributed by atoms with Crippen molar-refractivity contribution in [2.75, 3.05) is 0 Å². The molecule has 17 heavy (non-hydrogen) atoms. The summed E-state index contributed by atoms with van der Waals surface area (Å²) >= 11 is 0. The lowest BCUT2D eigenvalue weighted by Gasteiger charge is -2.11. The number of furan rings is 1. The lowest BCUT2D eigenvalue weighted by atomic mass is 10.1. The van der Waals surface area contributed by atoms with Crippen molar-refractivity contribution >= 4 is 0 Å². The Bertz CT molecular complexity index is 459. The molecule has 0 aliphatic carbocycles. The number of hydrogen-bond donors (Lipinski definition) is 1. The lowest BCUT2D eigenvalue weighted by molar-refractivity contribution is 0.537. The largest absolute Gasteiger partial charge is 0.472 e. The first-order valence-corrected chi connectivity index (χ1v) is 5.97. The average molecular weight is 233 g/mol. The Balaban J connectivity index is 1.97. The molecule has 92 valence electrons. The van der Waals surface area contributed by atoms with Crippen molar-refractivity contribution in [3.63, 3.8) is 0 Å². The first-order valence-electron chi connectivity index (χ1n) is 5.97. The zero-order valence-corrected chi connectivity index (χ0v) is 10.6. The molecule has 2 aromatic rings. The van der Waals surface area contributed by atoms with Gasteiger partial charge in [0.1, 0.15) is 0 Å². The van der Waals surface area contributed by atoms with E-state index in [4.69, 9.17) is 4.42 Å². The van der Waals surface area contributed by atoms with Crippen LogP contribution in [0.1, 0.15) is 36.7 Å². The first kappa shape index (κ1) is 11.9. The van der Waals surface area contributed by atoms with Crippen LogP contribution in [0.25, 0.3) is 0 Å². The summed E-state index contributed by atoms with van der Waals surface area (Å²) < 4.78 is 6.95. The minimum atomic E-state index is 0.290. The molecular formula is C13H19N3O. The van der Waals surface area contributed by atoms with E-state index in [9.17, 15) is 0 Å². The van der Waals surface area contributed by atoms with E-state index in [1.165, 1.54) is 16.8 Å². The minimum absolute atomic E-state index is 0.290. The van der Waals surface area contributed by atoms with Crippen LogP contribution < -0.4 is 5.32 Å². The Morgan fingerprint density at radius 2 is 2.35 bits per heavy atom. The summed E-state index contributed by atoms with van der Waals surface area (Å²) in [6, 6.07) is 2.28. The van der Waals surface area contributed by atoms with E-state index >= 15 is 0 Å². The van der Waals surface area contributed by atoms with Gasteiger partial charge >= 0.3 is 0 Å². The standard InChI is InChI=1S/C13H19N3O/c1-4-13-12(8-16(3)15-13)7-14-10(2)11-5-6-17-9-11/h5-6,8-10,14H,4,7H2,1-3H3. The van der Waals surface area contributed by atoms with E-state index in [0.29, 0.717) is 6.04 Å². The molecule has 0 radical (unpaired) electrons. The van der Waals surface area contributed by atoms with Crippen LogP contribution in [-0.4, -0.2) is 9.78 Å². The number of nitrogens with zero attached hydrogens (tertiary/aromatic N) is 2. The average Bonchev–Trinajstić information content (AvgIpc) is 2.94. The predicted molar refractivity (Wildman–Crippen MR) is 66.5 cm³/mol. The number of hydrogen-bond acceptors (Lipinski definition) is 3. The summed E-state index contributed by atoms with van der Waals surface area (Å²) in [5.41, 5.74) is 3.61. The Labute approximate surface area is 102 Å². The molecule has 1 N–H and O–H groups in total. The van der Waals surface area contributed by atoms with Gasteiger partial charge in [-0.15, -0.1) is 0 Å². The van der Waals surface area contributed by atoms with Crippen LogP contribution in [0.3, 0.4) is 0 Å². The summed E-state index contributed by atoms with van der Waals surface area (Å²) in [4.78, 5) is 0. The first-order chi connectivity index (χ1) is 8.20. The van der Waals surface area contributed by atoms with Crippen molar-refractivity contribution in [2.24, 2.45) is 7.05 Å². The van der Waals surface area contributed by atoms with E-state index in [2.05, 4.69) is 30.5 Å². The summed E-state index contributed by atoms with van der Waals surface area (Å²) in [7, 11) is 1.96. The van der Waals surface area contributed by atoms with Gasteiger partial charge in [-0.05, 0) is 19.4 Å².